The van der Waals surface area contributed by atoms with Crippen LogP contribution in [0.4, 0.5) is 0 Å². The van der Waals surface area contributed by atoms with Crippen LogP contribution in [0, 0.1) is 0 Å². The van der Waals surface area contributed by atoms with E-state index < -0.39 is 0 Å². The fraction of sp³-hybridized carbons (Fsp3) is 0.111. The third-order valence-electron chi connectivity index (χ3n) is 1.66. The zero-order valence-electron chi connectivity index (χ0n) is 6.33. The largest absolute Gasteiger partial charge is 0.362 e. The van der Waals surface area contributed by atoms with Gasteiger partial charge in [-0.05, 0) is 16.8 Å². The minimum Gasteiger partial charge on any atom is -0.185 e. The van der Waals surface area contributed by atoms with E-state index in [0.29, 0.717) is 0 Å². The Morgan fingerprint density at radius 1 is 1.27 bits per heavy atom. The first-order valence-electron chi connectivity index (χ1n) is 3.58. The van der Waals surface area contributed by atoms with Gasteiger partial charge >= 0.3 is 5.70 Å². The Kier molecular flexibility index (Phi) is 1.27. The van der Waals surface area contributed by atoms with Crippen LogP contribution in [0.3, 0.4) is 0 Å². The number of hydrogen-bond acceptors (Lipinski definition) is 1. The Labute approximate surface area is 65.5 Å². The zero-order valence-corrected chi connectivity index (χ0v) is 6.33. The third kappa shape index (κ3) is 1.04. The van der Waals surface area contributed by atoms with E-state index in [-0.39, 0.29) is 0 Å². The summed E-state index contributed by atoms with van der Waals surface area (Å²) in [6.45, 7) is 0. The molecule has 0 radical (unpaired) electrons. The molecule has 1 aliphatic heterocycles. The second-order valence-corrected chi connectivity index (χ2v) is 2.39. The molecule has 2 heteroatoms. The smallest absolute Gasteiger partial charge is 0.185 e. The topological polar surface area (TPSA) is 15.0 Å². The van der Waals surface area contributed by atoms with Gasteiger partial charge in [0.05, 0.1) is 12.6 Å². The number of rotatable bonds is 2. The van der Waals surface area contributed by atoms with E-state index in [2.05, 4.69) is 23.4 Å². The normalized spacial score (nSPS) is 13.5. The molecule has 0 fully saturated rings. The second kappa shape index (κ2) is 2.26. The van der Waals surface area contributed by atoms with Crippen LogP contribution in [0.25, 0.3) is 5.70 Å². The molecule has 0 spiro atoms. The lowest BCUT2D eigenvalue weighted by Crippen LogP contribution is -2.11. The molecule has 0 atom stereocenters. The molecule has 2 rings (SSSR count). The van der Waals surface area contributed by atoms with E-state index in [1.54, 1.807) is 0 Å². The summed E-state index contributed by atoms with van der Waals surface area (Å²) < 4.78 is 1.87. The summed E-state index contributed by atoms with van der Waals surface area (Å²) in [5.41, 5.74) is 5.32. The molecule has 11 heavy (non-hydrogen) atoms. The predicted octanol–water partition coefficient (Wildman–Crippen LogP) is 0.858. The highest BCUT2D eigenvalue weighted by molar-refractivity contribution is 5.91. The van der Waals surface area contributed by atoms with Crippen molar-refractivity contribution in [1.29, 1.82) is 0 Å². The number of hydrazone groups is 1. The highest BCUT2D eigenvalue weighted by Crippen LogP contribution is 2.15. The Morgan fingerprint density at radius 3 is 2.55 bits per heavy atom. The van der Waals surface area contributed by atoms with Gasteiger partial charge in [-0.2, -0.15) is 5.43 Å². The van der Waals surface area contributed by atoms with Crippen molar-refractivity contribution in [3.8, 4) is 0 Å². The predicted molar refractivity (Wildman–Crippen MR) is 44.2 cm³/mol. The van der Waals surface area contributed by atoms with Crippen LogP contribution in [-0.2, 0) is 0 Å². The molecular weight excluding hydrogens is 136 g/mol. The fourth-order valence-corrected chi connectivity index (χ4v) is 1.04. The van der Waals surface area contributed by atoms with Crippen molar-refractivity contribution >= 4 is 11.6 Å². The Hall–Kier alpha value is -1.53. The summed E-state index contributed by atoms with van der Waals surface area (Å²) in [6.07, 6.45) is 0. The molecule has 54 valence electrons. The molecule has 1 aliphatic rings. The van der Waals surface area contributed by atoms with E-state index >= 15 is 0 Å². The number of hydrogen-bond donors (Lipinski definition) is 1. The molecular formula is C9H9N2+. The van der Waals surface area contributed by atoms with E-state index in [9.17, 15) is 0 Å². The van der Waals surface area contributed by atoms with Gasteiger partial charge in [0.15, 0.2) is 0 Å². The number of hydrazine groups is 1. The molecule has 0 aliphatic carbocycles. The molecule has 1 N–H and O–H groups in total. The molecule has 0 unspecified atom stereocenters. The highest BCUT2D eigenvalue weighted by Gasteiger charge is 2.28. The first kappa shape index (κ1) is 6.20. The van der Waals surface area contributed by atoms with Crippen molar-refractivity contribution in [2.45, 2.75) is 0 Å². The first-order valence-corrected chi connectivity index (χ1v) is 3.58. The van der Waals surface area contributed by atoms with Gasteiger partial charge in [0.2, 0.25) is 0 Å². The van der Waals surface area contributed by atoms with Gasteiger partial charge in [-0.1, -0.05) is 18.2 Å². The fourth-order valence-electron chi connectivity index (χ4n) is 1.04. The lowest BCUT2D eigenvalue weighted by molar-refractivity contribution is -0.451. The Balaban J connectivity index is 2.17. The summed E-state index contributed by atoms with van der Waals surface area (Å²) in [5.74, 6) is 3.07. The van der Waals surface area contributed by atoms with Gasteiger partial charge in [0.1, 0.15) is 0 Å². The van der Waals surface area contributed by atoms with Gasteiger partial charge in [0.25, 0.3) is 5.87 Å². The lowest BCUT2D eigenvalue weighted by atomic mass is 10.2. The van der Waals surface area contributed by atoms with E-state index in [1.807, 2.05) is 29.9 Å². The van der Waals surface area contributed by atoms with E-state index in [0.717, 1.165) is 5.70 Å². The van der Waals surface area contributed by atoms with Crippen LogP contribution in [-0.4, -0.2) is 17.6 Å². The first-order chi connectivity index (χ1) is 5.42. The van der Waals surface area contributed by atoms with Crippen LogP contribution < -0.4 is 5.43 Å². The minimum atomic E-state index is 1.13. The van der Waals surface area contributed by atoms with Crippen LogP contribution in [0.15, 0.2) is 30.3 Å². The summed E-state index contributed by atoms with van der Waals surface area (Å²) >= 11 is 0. The maximum atomic E-state index is 3.07. The van der Waals surface area contributed by atoms with Crippen LogP contribution >= 0.6 is 0 Å². The molecule has 1 heterocycles. The summed E-state index contributed by atoms with van der Waals surface area (Å²) in [5, 5.41) is 0. The molecule has 1 aromatic carbocycles. The van der Waals surface area contributed by atoms with Crippen molar-refractivity contribution in [2.24, 2.45) is 0 Å². The average Bonchev–Trinajstić information content (AvgIpc) is 2.85. The van der Waals surface area contributed by atoms with Gasteiger partial charge in [-0.3, -0.25) is 0 Å². The van der Waals surface area contributed by atoms with Crippen molar-refractivity contribution in [3.05, 3.63) is 35.9 Å². The second-order valence-electron chi connectivity index (χ2n) is 2.39. The molecule has 0 aromatic heterocycles. The number of nitrogens with one attached hydrogen (secondary N) is 1. The highest BCUT2D eigenvalue weighted by atomic mass is 15.5. The molecule has 2 nitrogen and oxygen atoms in total. The molecule has 0 amide bonds. The quantitative estimate of drug-likeness (QED) is 0.610. The van der Waals surface area contributed by atoms with Gasteiger partial charge in [-0.25, -0.2) is 0 Å². The van der Waals surface area contributed by atoms with Crippen molar-refractivity contribution in [2.75, 3.05) is 7.05 Å². The van der Waals surface area contributed by atoms with Gasteiger partial charge < -0.3 is 0 Å². The molecule has 0 bridgehead atoms. The molecule has 1 aromatic rings. The Morgan fingerprint density at radius 2 is 2.00 bits per heavy atom. The maximum absolute atomic E-state index is 3.07. The zero-order chi connectivity index (χ0) is 7.68. The Bertz CT molecular complexity index is 332. The summed E-state index contributed by atoms with van der Waals surface area (Å²) in [7, 11) is 1.88. The lowest BCUT2D eigenvalue weighted by Gasteiger charge is -1.87. The summed E-state index contributed by atoms with van der Waals surface area (Å²) in [4.78, 5) is 0. The van der Waals surface area contributed by atoms with Crippen LogP contribution in [0.2, 0.25) is 0 Å². The van der Waals surface area contributed by atoms with Crippen molar-refractivity contribution in [1.82, 2.24) is 5.43 Å². The SMILES string of the molecule is CN[N+]1=C=C1c1ccccc1. The minimum absolute atomic E-state index is 1.13. The van der Waals surface area contributed by atoms with Gasteiger partial charge in [-0.15, -0.1) is 0 Å². The van der Waals surface area contributed by atoms with Crippen LogP contribution in [0.1, 0.15) is 5.56 Å². The van der Waals surface area contributed by atoms with E-state index in [4.69, 9.17) is 0 Å². The summed E-state index contributed by atoms with van der Waals surface area (Å²) in [6, 6.07) is 10.2. The molecule has 0 saturated heterocycles. The number of benzene rings is 1. The monoisotopic (exact) mass is 145 g/mol. The van der Waals surface area contributed by atoms with Crippen molar-refractivity contribution in [3.63, 3.8) is 0 Å². The van der Waals surface area contributed by atoms with Crippen LogP contribution in [0.5, 0.6) is 0 Å². The van der Waals surface area contributed by atoms with Gasteiger partial charge in [0, 0.05) is 0 Å². The van der Waals surface area contributed by atoms with Crippen molar-refractivity contribution < 1.29 is 4.68 Å². The number of nitrogens with zero attached hydrogens (tertiary/aromatic N) is 1. The maximum Gasteiger partial charge on any atom is 0.362 e. The molecule has 0 saturated carbocycles. The third-order valence-corrected chi connectivity index (χ3v) is 1.66. The standard InChI is InChI=1S/C9H9N2/c1-10-11-7-9(11)8-5-3-2-4-6-8/h2-6,10H,1H3/q+1. The average molecular weight is 145 g/mol. The van der Waals surface area contributed by atoms with E-state index in [1.165, 1.54) is 5.56 Å².